The lowest BCUT2D eigenvalue weighted by Crippen LogP contribution is -2.66. The van der Waals surface area contributed by atoms with E-state index in [4.69, 9.17) is 14.9 Å². The Balaban J connectivity index is 1.86. The van der Waals surface area contributed by atoms with E-state index in [0.29, 0.717) is 5.56 Å². The Labute approximate surface area is 173 Å². The van der Waals surface area contributed by atoms with Crippen molar-refractivity contribution < 1.29 is 22.3 Å². The molecule has 0 radical (unpaired) electrons. The van der Waals surface area contributed by atoms with Crippen molar-refractivity contribution in [2.24, 2.45) is 0 Å². The third kappa shape index (κ3) is 2.82. The van der Waals surface area contributed by atoms with Gasteiger partial charge in [0.25, 0.3) is 11.8 Å². The molecular weight excluding hydrogens is 415 g/mol. The van der Waals surface area contributed by atoms with Gasteiger partial charge in [-0.05, 0) is 5.56 Å². The lowest BCUT2D eigenvalue weighted by atomic mass is 9.88. The number of halogens is 1. The Morgan fingerprint density at radius 1 is 1.20 bits per heavy atom. The summed E-state index contributed by atoms with van der Waals surface area (Å²) in [6.45, 7) is 0.162. The highest BCUT2D eigenvalue weighted by Gasteiger charge is 2.59. The van der Waals surface area contributed by atoms with Gasteiger partial charge < -0.3 is 19.7 Å². The highest BCUT2D eigenvalue weighted by Crippen LogP contribution is 2.42. The molecule has 2 aromatic rings. The Morgan fingerprint density at radius 3 is 2.37 bits per heavy atom. The van der Waals surface area contributed by atoms with Crippen LogP contribution >= 0.6 is 0 Å². The number of nitrogens with zero attached hydrogens (tertiary/aromatic N) is 4. The molecule has 10 nitrogen and oxygen atoms in total. The average molecular weight is 436 g/mol. The van der Waals surface area contributed by atoms with Crippen molar-refractivity contribution in [1.82, 2.24) is 19.6 Å². The van der Waals surface area contributed by atoms with Crippen molar-refractivity contribution in [3.8, 4) is 11.8 Å². The maximum absolute atomic E-state index is 14.3. The third-order valence-electron chi connectivity index (χ3n) is 5.51. The van der Waals surface area contributed by atoms with Crippen LogP contribution in [0.3, 0.4) is 0 Å². The molecule has 1 unspecified atom stereocenters. The van der Waals surface area contributed by atoms with Crippen LogP contribution in [-0.4, -0.2) is 68.3 Å². The number of ether oxygens (including phenoxy) is 2. The van der Waals surface area contributed by atoms with E-state index in [1.807, 2.05) is 18.2 Å². The molecule has 0 bridgehead atoms. The molecule has 2 aliphatic heterocycles. The lowest BCUT2D eigenvalue weighted by molar-refractivity contribution is 0.327. The highest BCUT2D eigenvalue weighted by atomic mass is 32.2. The van der Waals surface area contributed by atoms with Crippen molar-refractivity contribution in [2.75, 3.05) is 39.3 Å². The topological polar surface area (TPSA) is 121 Å². The second-order valence-corrected chi connectivity index (χ2v) is 9.20. The quantitative estimate of drug-likeness (QED) is 0.712. The van der Waals surface area contributed by atoms with E-state index in [1.54, 1.807) is 17.0 Å². The summed E-state index contributed by atoms with van der Waals surface area (Å²) in [4.78, 5) is 9.82. The van der Waals surface area contributed by atoms with Crippen LogP contribution in [0.2, 0.25) is 0 Å². The number of guanidine groups is 1. The molecule has 2 fully saturated rings. The molecule has 4 rings (SSSR count). The summed E-state index contributed by atoms with van der Waals surface area (Å²) in [6, 6.07) is 9.06. The molecule has 1 aromatic carbocycles. The van der Waals surface area contributed by atoms with Gasteiger partial charge in [-0.15, -0.1) is 0 Å². The molecule has 2 N–H and O–H groups in total. The Kier molecular flexibility index (Phi) is 4.68. The van der Waals surface area contributed by atoms with E-state index >= 15 is 0 Å². The standard InChI is InChI=1S/C18H21FN6O4S/c1-24-16(20)23-18(11-7-5-4-6-8-11)10-25(9-12(18)30(24,26)27)17-21-14(28-2)13(19)15(22-17)29-3/h4-8,12H,9-10H2,1-3H3,(H2,20,23)/t12?,18-/m1/s1. The minimum Gasteiger partial charge on any atom is -0.479 e. The summed E-state index contributed by atoms with van der Waals surface area (Å²) in [5, 5.41) is 10.3. The average Bonchev–Trinajstić information content (AvgIpc) is 3.15. The van der Waals surface area contributed by atoms with Crippen molar-refractivity contribution in [1.29, 1.82) is 5.41 Å². The maximum Gasteiger partial charge on any atom is 0.259 e. The fourth-order valence-electron chi connectivity index (χ4n) is 3.95. The van der Waals surface area contributed by atoms with E-state index < -0.39 is 26.6 Å². The molecule has 0 spiro atoms. The number of benzene rings is 1. The number of methoxy groups -OCH3 is 2. The van der Waals surface area contributed by atoms with Crippen LogP contribution in [0, 0.1) is 11.2 Å². The SMILES string of the molecule is COc1nc(N2CC3[C@](c4ccccc4)(C2)NC(=N)N(C)S3(=O)=O)nc(OC)c1F. The zero-order chi connectivity index (χ0) is 21.7. The van der Waals surface area contributed by atoms with Crippen molar-refractivity contribution in [2.45, 2.75) is 10.8 Å². The fourth-order valence-corrected chi connectivity index (χ4v) is 5.77. The number of sulfonamides is 1. The third-order valence-corrected chi connectivity index (χ3v) is 7.73. The molecule has 30 heavy (non-hydrogen) atoms. The Hall–Kier alpha value is -3.15. The van der Waals surface area contributed by atoms with E-state index in [2.05, 4.69) is 15.3 Å². The van der Waals surface area contributed by atoms with E-state index in [-0.39, 0.29) is 36.8 Å². The van der Waals surface area contributed by atoms with Crippen molar-refractivity contribution >= 4 is 21.9 Å². The van der Waals surface area contributed by atoms with Crippen LogP contribution in [0.1, 0.15) is 5.56 Å². The molecule has 160 valence electrons. The van der Waals surface area contributed by atoms with Crippen LogP contribution in [0.15, 0.2) is 30.3 Å². The Bertz CT molecular complexity index is 1070. The zero-order valence-corrected chi connectivity index (χ0v) is 17.4. The number of rotatable bonds is 4. The molecule has 12 heteroatoms. The van der Waals surface area contributed by atoms with Crippen LogP contribution in [-0.2, 0) is 15.6 Å². The molecule has 0 amide bonds. The summed E-state index contributed by atoms with van der Waals surface area (Å²) < 4.78 is 51.6. The largest absolute Gasteiger partial charge is 0.479 e. The van der Waals surface area contributed by atoms with Gasteiger partial charge in [0.2, 0.25) is 27.7 Å². The summed E-state index contributed by atoms with van der Waals surface area (Å²) in [5.41, 5.74) is -0.401. The van der Waals surface area contributed by atoms with Crippen molar-refractivity contribution in [3.05, 3.63) is 41.7 Å². The first-order chi connectivity index (χ1) is 14.2. The van der Waals surface area contributed by atoms with Crippen LogP contribution in [0.25, 0.3) is 0 Å². The molecule has 3 heterocycles. The first kappa shape index (κ1) is 20.1. The van der Waals surface area contributed by atoms with E-state index in [9.17, 15) is 12.8 Å². The van der Waals surface area contributed by atoms with E-state index in [0.717, 1.165) is 4.31 Å². The van der Waals surface area contributed by atoms with Gasteiger partial charge in [0.15, 0.2) is 0 Å². The second kappa shape index (κ2) is 6.97. The van der Waals surface area contributed by atoms with Gasteiger partial charge in [0.1, 0.15) is 10.8 Å². The number of hydrogen-bond donors (Lipinski definition) is 2. The maximum atomic E-state index is 14.3. The predicted octanol–water partition coefficient (Wildman–Crippen LogP) is 0.517. The van der Waals surface area contributed by atoms with E-state index in [1.165, 1.54) is 21.3 Å². The van der Waals surface area contributed by atoms with Crippen LogP contribution in [0.5, 0.6) is 11.8 Å². The lowest BCUT2D eigenvalue weighted by Gasteiger charge is -2.43. The molecule has 2 aliphatic rings. The predicted molar refractivity (Wildman–Crippen MR) is 107 cm³/mol. The van der Waals surface area contributed by atoms with Gasteiger partial charge in [-0.1, -0.05) is 30.3 Å². The number of nitrogens with one attached hydrogen (secondary N) is 2. The summed E-state index contributed by atoms with van der Waals surface area (Å²) in [6.07, 6.45) is 0. The van der Waals surface area contributed by atoms with Crippen LogP contribution < -0.4 is 19.7 Å². The smallest absolute Gasteiger partial charge is 0.259 e. The highest BCUT2D eigenvalue weighted by molar-refractivity contribution is 7.90. The van der Waals surface area contributed by atoms with Gasteiger partial charge >= 0.3 is 0 Å². The first-order valence-electron chi connectivity index (χ1n) is 9.05. The van der Waals surface area contributed by atoms with Gasteiger partial charge in [-0.3, -0.25) is 5.41 Å². The zero-order valence-electron chi connectivity index (χ0n) is 16.6. The number of hydrogen-bond acceptors (Lipinski definition) is 8. The normalized spacial score (nSPS) is 24.9. The molecule has 2 saturated heterocycles. The summed E-state index contributed by atoms with van der Waals surface area (Å²) in [7, 11) is 0.0133. The molecule has 1 aromatic heterocycles. The summed E-state index contributed by atoms with van der Waals surface area (Å²) in [5.74, 6) is -1.61. The minimum absolute atomic E-state index is 0.0276. The van der Waals surface area contributed by atoms with Crippen LogP contribution in [0.4, 0.5) is 10.3 Å². The monoisotopic (exact) mass is 436 g/mol. The van der Waals surface area contributed by atoms with Gasteiger partial charge in [0.05, 0.1) is 14.2 Å². The van der Waals surface area contributed by atoms with Gasteiger partial charge in [-0.25, -0.2) is 12.7 Å². The summed E-state index contributed by atoms with van der Waals surface area (Å²) >= 11 is 0. The first-order valence-corrected chi connectivity index (χ1v) is 10.6. The number of anilines is 1. The van der Waals surface area contributed by atoms with Gasteiger partial charge in [-0.2, -0.15) is 14.4 Å². The fraction of sp³-hybridized carbons (Fsp3) is 0.389. The molecular formula is C18H21FN6O4S. The Morgan fingerprint density at radius 2 is 1.80 bits per heavy atom. The number of aromatic nitrogens is 2. The minimum atomic E-state index is -3.86. The van der Waals surface area contributed by atoms with Crippen molar-refractivity contribution in [3.63, 3.8) is 0 Å². The molecule has 0 saturated carbocycles. The molecule has 2 atom stereocenters. The second-order valence-electron chi connectivity index (χ2n) is 7.05. The van der Waals surface area contributed by atoms with Gasteiger partial charge in [0, 0.05) is 20.1 Å². The molecule has 0 aliphatic carbocycles. The number of fused-ring (bicyclic) bond motifs is 1.